The highest BCUT2D eigenvalue weighted by molar-refractivity contribution is 6.08. The number of carbonyl (C=O) groups is 2. The Labute approximate surface area is 76.6 Å². The second-order valence-electron chi connectivity index (χ2n) is 3.01. The van der Waals surface area contributed by atoms with Crippen LogP contribution in [0.2, 0.25) is 0 Å². The van der Waals surface area contributed by atoms with Crippen LogP contribution in [0.4, 0.5) is 0 Å². The zero-order chi connectivity index (χ0) is 9.84. The van der Waals surface area contributed by atoms with Crippen molar-refractivity contribution >= 4 is 17.8 Å². The minimum atomic E-state index is -0.181. The van der Waals surface area contributed by atoms with Crippen LogP contribution in [0.3, 0.4) is 0 Å². The average Bonchev–Trinajstić information content (AvgIpc) is 2.49. The van der Waals surface area contributed by atoms with Gasteiger partial charge >= 0.3 is 0 Å². The van der Waals surface area contributed by atoms with E-state index < -0.39 is 0 Å². The van der Waals surface area contributed by atoms with E-state index in [9.17, 15) is 9.59 Å². The van der Waals surface area contributed by atoms with Crippen LogP contribution in [0, 0.1) is 5.92 Å². The molecule has 0 radical (unpaired) electrons. The van der Waals surface area contributed by atoms with Crippen LogP contribution in [-0.2, 0) is 9.59 Å². The van der Waals surface area contributed by atoms with Gasteiger partial charge in [0.15, 0.2) is 0 Å². The summed E-state index contributed by atoms with van der Waals surface area (Å²) in [5, 5.41) is 4.98. The van der Waals surface area contributed by atoms with E-state index in [1.165, 1.54) is 0 Å². The second-order valence-corrected chi connectivity index (χ2v) is 3.01. The third-order valence-corrected chi connectivity index (χ3v) is 1.94. The van der Waals surface area contributed by atoms with E-state index in [1.807, 2.05) is 13.8 Å². The Hall–Kier alpha value is -1.39. The number of amides is 2. The van der Waals surface area contributed by atoms with Crippen LogP contribution in [0.15, 0.2) is 4.99 Å². The summed E-state index contributed by atoms with van der Waals surface area (Å²) in [5.41, 5.74) is 0. The van der Waals surface area contributed by atoms with Crippen molar-refractivity contribution in [2.75, 3.05) is 6.54 Å². The first-order valence-electron chi connectivity index (χ1n) is 4.28. The van der Waals surface area contributed by atoms with Crippen molar-refractivity contribution in [1.29, 1.82) is 0 Å². The number of aliphatic imine (C=N–C) groups is 1. The van der Waals surface area contributed by atoms with Crippen molar-refractivity contribution in [3.8, 4) is 0 Å². The van der Waals surface area contributed by atoms with E-state index in [1.54, 1.807) is 0 Å². The average molecular weight is 183 g/mol. The maximum atomic E-state index is 11.3. The zero-order valence-corrected chi connectivity index (χ0v) is 7.76. The molecule has 2 amide bonds. The van der Waals surface area contributed by atoms with Gasteiger partial charge < -0.3 is 0 Å². The molecule has 0 saturated carbocycles. The molecular weight excluding hydrogens is 170 g/mol. The molecule has 72 valence electrons. The second kappa shape index (κ2) is 4.02. The molecule has 2 N–H and O–H groups in total. The Bertz CT molecular complexity index is 260. The number of nitrogens with zero attached hydrogens (tertiary/aromatic N) is 1. The van der Waals surface area contributed by atoms with Gasteiger partial charge in [-0.1, -0.05) is 13.8 Å². The molecule has 1 unspecified atom stereocenters. The Kier molecular flexibility index (Phi) is 3.00. The van der Waals surface area contributed by atoms with Crippen LogP contribution >= 0.6 is 0 Å². The molecule has 0 spiro atoms. The summed E-state index contributed by atoms with van der Waals surface area (Å²) in [7, 11) is 0. The highest BCUT2D eigenvalue weighted by Gasteiger charge is 2.17. The summed E-state index contributed by atoms with van der Waals surface area (Å²) in [6.07, 6.45) is 0.771. The standard InChI is InChI=1S/C8H13N3O2/c1-3-5(2)7(13)11-8-9-4-6(12)10-8/h5H,3-4H2,1-2H3,(H2,9,10,11,12,13). The summed E-state index contributed by atoms with van der Waals surface area (Å²) in [4.78, 5) is 25.8. The predicted octanol–water partition coefficient (Wildman–Crippen LogP) is -0.366. The number of nitrogens with one attached hydrogen (secondary N) is 2. The van der Waals surface area contributed by atoms with Gasteiger partial charge in [0.1, 0.15) is 6.54 Å². The molecule has 0 aromatic heterocycles. The van der Waals surface area contributed by atoms with E-state index in [0.717, 1.165) is 6.42 Å². The van der Waals surface area contributed by atoms with Gasteiger partial charge in [-0.2, -0.15) is 0 Å². The monoisotopic (exact) mass is 183 g/mol. The fourth-order valence-electron chi connectivity index (χ4n) is 0.858. The molecule has 0 bridgehead atoms. The van der Waals surface area contributed by atoms with Crippen molar-refractivity contribution in [3.05, 3.63) is 0 Å². The Morgan fingerprint density at radius 3 is 2.92 bits per heavy atom. The molecule has 1 atom stereocenters. The number of rotatable bonds is 2. The van der Waals surface area contributed by atoms with Gasteiger partial charge in [-0.25, -0.2) is 4.99 Å². The van der Waals surface area contributed by atoms with Crippen molar-refractivity contribution in [3.63, 3.8) is 0 Å². The molecule has 1 rings (SSSR count). The molecule has 1 aliphatic heterocycles. The van der Waals surface area contributed by atoms with Gasteiger partial charge in [0, 0.05) is 5.92 Å². The zero-order valence-electron chi connectivity index (χ0n) is 7.76. The predicted molar refractivity (Wildman–Crippen MR) is 48.0 cm³/mol. The third-order valence-electron chi connectivity index (χ3n) is 1.94. The summed E-state index contributed by atoms with van der Waals surface area (Å²) in [5.74, 6) is -0.0709. The normalized spacial score (nSPS) is 17.7. The lowest BCUT2D eigenvalue weighted by Gasteiger charge is -2.08. The first-order valence-corrected chi connectivity index (χ1v) is 4.28. The van der Waals surface area contributed by atoms with Crippen LogP contribution in [0.1, 0.15) is 20.3 Å². The Morgan fingerprint density at radius 1 is 1.77 bits per heavy atom. The third kappa shape index (κ3) is 2.54. The molecule has 5 heteroatoms. The molecule has 13 heavy (non-hydrogen) atoms. The molecule has 0 aromatic rings. The van der Waals surface area contributed by atoms with Gasteiger partial charge in [-0.3, -0.25) is 20.2 Å². The van der Waals surface area contributed by atoms with Crippen LogP contribution < -0.4 is 10.6 Å². The van der Waals surface area contributed by atoms with Crippen LogP contribution in [0.25, 0.3) is 0 Å². The van der Waals surface area contributed by atoms with E-state index in [4.69, 9.17) is 0 Å². The molecular formula is C8H13N3O2. The van der Waals surface area contributed by atoms with Gasteiger partial charge in [0.05, 0.1) is 0 Å². The largest absolute Gasteiger partial charge is 0.296 e. The Morgan fingerprint density at radius 2 is 2.46 bits per heavy atom. The maximum Gasteiger partial charge on any atom is 0.248 e. The maximum absolute atomic E-state index is 11.3. The lowest BCUT2D eigenvalue weighted by atomic mass is 10.1. The van der Waals surface area contributed by atoms with Gasteiger partial charge in [0.25, 0.3) is 0 Å². The number of carbonyl (C=O) groups excluding carboxylic acids is 2. The molecule has 0 aromatic carbocycles. The smallest absolute Gasteiger partial charge is 0.248 e. The lowest BCUT2D eigenvalue weighted by molar-refractivity contribution is -0.123. The molecule has 5 nitrogen and oxygen atoms in total. The molecule has 0 fully saturated rings. The Balaban J connectivity index is 2.41. The first kappa shape index (κ1) is 9.70. The molecule has 1 heterocycles. The van der Waals surface area contributed by atoms with Gasteiger partial charge in [0.2, 0.25) is 17.8 Å². The van der Waals surface area contributed by atoms with Crippen molar-refractivity contribution in [2.24, 2.45) is 10.9 Å². The van der Waals surface area contributed by atoms with E-state index in [2.05, 4.69) is 15.6 Å². The summed E-state index contributed by atoms with van der Waals surface area (Å²) < 4.78 is 0. The highest BCUT2D eigenvalue weighted by Crippen LogP contribution is 1.99. The fourth-order valence-corrected chi connectivity index (χ4v) is 0.858. The van der Waals surface area contributed by atoms with Gasteiger partial charge in [-0.15, -0.1) is 0 Å². The van der Waals surface area contributed by atoms with Crippen molar-refractivity contribution in [2.45, 2.75) is 20.3 Å². The quantitative estimate of drug-likeness (QED) is 0.613. The summed E-state index contributed by atoms with van der Waals surface area (Å²) in [6, 6.07) is 0. The van der Waals surface area contributed by atoms with E-state index in [-0.39, 0.29) is 30.2 Å². The SMILES string of the molecule is CCC(C)C(=O)NC1=NCC(=O)N1. The van der Waals surface area contributed by atoms with E-state index in [0.29, 0.717) is 0 Å². The number of hydrogen-bond acceptors (Lipinski definition) is 3. The molecule has 1 aliphatic rings. The fraction of sp³-hybridized carbons (Fsp3) is 0.625. The van der Waals surface area contributed by atoms with Crippen molar-refractivity contribution < 1.29 is 9.59 Å². The van der Waals surface area contributed by atoms with E-state index >= 15 is 0 Å². The van der Waals surface area contributed by atoms with Crippen LogP contribution in [-0.4, -0.2) is 24.3 Å². The first-order chi connectivity index (χ1) is 6.13. The minimum absolute atomic E-state index is 0.0554. The lowest BCUT2D eigenvalue weighted by Crippen LogP contribution is -2.42. The number of guanidine groups is 1. The van der Waals surface area contributed by atoms with Crippen LogP contribution in [0.5, 0.6) is 0 Å². The minimum Gasteiger partial charge on any atom is -0.296 e. The molecule has 0 aliphatic carbocycles. The number of hydrogen-bond donors (Lipinski definition) is 2. The topological polar surface area (TPSA) is 70.6 Å². The summed E-state index contributed by atoms with van der Waals surface area (Å²) in [6.45, 7) is 3.86. The summed E-state index contributed by atoms with van der Waals surface area (Å²) >= 11 is 0. The molecule has 0 saturated heterocycles. The van der Waals surface area contributed by atoms with Crippen molar-refractivity contribution in [1.82, 2.24) is 10.6 Å². The van der Waals surface area contributed by atoms with Gasteiger partial charge in [-0.05, 0) is 6.42 Å². The highest BCUT2D eigenvalue weighted by atomic mass is 16.2.